The zero-order chi connectivity index (χ0) is 30.9. The molecule has 0 aliphatic heterocycles. The van der Waals surface area contributed by atoms with Gasteiger partial charge in [-0.15, -0.1) is 0 Å². The van der Waals surface area contributed by atoms with E-state index in [0.717, 1.165) is 77.3 Å². The van der Waals surface area contributed by atoms with Crippen LogP contribution in [0.15, 0.2) is 162 Å². The molecule has 0 bridgehead atoms. The molecule has 0 spiro atoms. The lowest BCUT2D eigenvalue weighted by atomic mass is 9.94. The molecule has 0 fully saturated rings. The van der Waals surface area contributed by atoms with E-state index < -0.39 is 0 Å². The fourth-order valence-corrected chi connectivity index (χ4v) is 7.24. The predicted octanol–water partition coefficient (Wildman–Crippen LogP) is 12.0. The largest absolute Gasteiger partial charge is 0.456 e. The summed E-state index contributed by atoms with van der Waals surface area (Å²) in [6.45, 7) is 0. The molecule has 0 aliphatic rings. The summed E-state index contributed by atoms with van der Waals surface area (Å²) in [6.07, 6.45) is 1.91. The van der Waals surface area contributed by atoms with Crippen molar-refractivity contribution in [2.45, 2.75) is 0 Å². The highest BCUT2D eigenvalue weighted by atomic mass is 16.3. The number of fused-ring (bicyclic) bond motifs is 10. The summed E-state index contributed by atoms with van der Waals surface area (Å²) in [5.41, 5.74) is 10.1. The molecule has 2 heterocycles. The number of benzene rings is 8. The summed E-state index contributed by atoms with van der Waals surface area (Å²) >= 11 is 0. The standard InChI is InChI=1S/C44H26N2O/c1-2-11-30-25-41-38(24-29(30)10-1)42-33(20-9-21-40(42)47-41)31-14-7-12-27(22-31)28-13-8-15-32(23-28)39-26-45-43-36-18-5-3-16-34(36)35-17-4-6-19-37(35)44(43)46-39/h1-26H. The van der Waals surface area contributed by atoms with Crippen molar-refractivity contribution in [2.75, 3.05) is 0 Å². The second-order valence-corrected chi connectivity index (χ2v) is 12.2. The quantitative estimate of drug-likeness (QED) is 0.190. The first-order valence-electron chi connectivity index (χ1n) is 15.9. The minimum atomic E-state index is 0.859. The Balaban J connectivity index is 1.10. The third-order valence-electron chi connectivity index (χ3n) is 9.46. The second-order valence-electron chi connectivity index (χ2n) is 12.2. The Kier molecular flexibility index (Phi) is 5.57. The van der Waals surface area contributed by atoms with Gasteiger partial charge in [-0.05, 0) is 74.1 Å². The van der Waals surface area contributed by atoms with E-state index in [1.54, 1.807) is 0 Å². The first kappa shape index (κ1) is 26.0. The molecule has 0 amide bonds. The van der Waals surface area contributed by atoms with Gasteiger partial charge < -0.3 is 4.42 Å². The van der Waals surface area contributed by atoms with Gasteiger partial charge in [0.15, 0.2) is 0 Å². The molecule has 8 aromatic carbocycles. The molecule has 0 saturated heterocycles. The number of aromatic nitrogens is 2. The normalized spacial score (nSPS) is 11.8. The molecule has 0 saturated carbocycles. The van der Waals surface area contributed by atoms with Gasteiger partial charge >= 0.3 is 0 Å². The molecule has 3 nitrogen and oxygen atoms in total. The Bertz CT molecular complexity index is 2830. The average molecular weight is 599 g/mol. The molecule has 0 atom stereocenters. The minimum absolute atomic E-state index is 0.859. The third-order valence-corrected chi connectivity index (χ3v) is 9.46. The first-order valence-corrected chi connectivity index (χ1v) is 15.9. The van der Waals surface area contributed by atoms with E-state index in [9.17, 15) is 0 Å². The molecule has 3 heteroatoms. The lowest BCUT2D eigenvalue weighted by Gasteiger charge is -2.11. The van der Waals surface area contributed by atoms with Crippen molar-refractivity contribution in [1.29, 1.82) is 0 Å². The number of rotatable bonds is 3. The van der Waals surface area contributed by atoms with Gasteiger partial charge in [0.1, 0.15) is 11.2 Å². The summed E-state index contributed by atoms with van der Waals surface area (Å²) in [5, 5.41) is 9.31. The van der Waals surface area contributed by atoms with Crippen LogP contribution in [-0.4, -0.2) is 9.97 Å². The van der Waals surface area contributed by atoms with Gasteiger partial charge in [0, 0.05) is 27.1 Å². The van der Waals surface area contributed by atoms with E-state index in [1.807, 2.05) is 6.20 Å². The van der Waals surface area contributed by atoms with Crippen LogP contribution in [-0.2, 0) is 0 Å². The second kappa shape index (κ2) is 10.1. The summed E-state index contributed by atoms with van der Waals surface area (Å²) in [4.78, 5) is 10.2. The van der Waals surface area contributed by atoms with E-state index in [4.69, 9.17) is 14.4 Å². The Hall–Kier alpha value is -6.32. The van der Waals surface area contributed by atoms with Crippen LogP contribution in [0, 0.1) is 0 Å². The number of hydrogen-bond acceptors (Lipinski definition) is 3. The summed E-state index contributed by atoms with van der Waals surface area (Å²) < 4.78 is 6.37. The van der Waals surface area contributed by atoms with Crippen LogP contribution in [0.5, 0.6) is 0 Å². The summed E-state index contributed by atoms with van der Waals surface area (Å²) in [7, 11) is 0. The van der Waals surface area contributed by atoms with Crippen LogP contribution in [0.1, 0.15) is 0 Å². The number of hydrogen-bond donors (Lipinski definition) is 0. The molecule has 0 N–H and O–H groups in total. The Morgan fingerprint density at radius 2 is 1.00 bits per heavy atom. The van der Waals surface area contributed by atoms with Crippen LogP contribution < -0.4 is 0 Å². The van der Waals surface area contributed by atoms with Gasteiger partial charge in [0.2, 0.25) is 0 Å². The molecular weight excluding hydrogens is 572 g/mol. The van der Waals surface area contributed by atoms with Crippen molar-refractivity contribution in [1.82, 2.24) is 9.97 Å². The molecule has 47 heavy (non-hydrogen) atoms. The average Bonchev–Trinajstić information content (AvgIpc) is 3.51. The fourth-order valence-electron chi connectivity index (χ4n) is 7.24. The van der Waals surface area contributed by atoms with E-state index in [2.05, 4.69) is 152 Å². The molecular formula is C44H26N2O. The monoisotopic (exact) mass is 598 g/mol. The van der Waals surface area contributed by atoms with E-state index in [0.29, 0.717) is 0 Å². The highest BCUT2D eigenvalue weighted by Crippen LogP contribution is 2.40. The smallest absolute Gasteiger partial charge is 0.136 e. The van der Waals surface area contributed by atoms with Crippen molar-refractivity contribution in [2.24, 2.45) is 0 Å². The highest BCUT2D eigenvalue weighted by molar-refractivity contribution is 6.23. The van der Waals surface area contributed by atoms with E-state index >= 15 is 0 Å². The molecule has 2 aromatic heterocycles. The molecule has 0 aliphatic carbocycles. The van der Waals surface area contributed by atoms with E-state index in [1.165, 1.54) is 21.5 Å². The Morgan fingerprint density at radius 1 is 0.404 bits per heavy atom. The summed E-state index contributed by atoms with van der Waals surface area (Å²) in [5.74, 6) is 0. The van der Waals surface area contributed by atoms with Gasteiger partial charge in [-0.25, -0.2) is 4.98 Å². The fraction of sp³-hybridized carbons (Fsp3) is 0. The first-order chi connectivity index (χ1) is 23.3. The third kappa shape index (κ3) is 4.07. The molecule has 0 unspecified atom stereocenters. The lowest BCUT2D eigenvalue weighted by molar-refractivity contribution is 0.669. The number of nitrogens with zero attached hydrogens (tertiary/aromatic N) is 2. The minimum Gasteiger partial charge on any atom is -0.456 e. The van der Waals surface area contributed by atoms with Crippen molar-refractivity contribution < 1.29 is 4.42 Å². The zero-order valence-electron chi connectivity index (χ0n) is 25.3. The van der Waals surface area contributed by atoms with Crippen molar-refractivity contribution in [3.63, 3.8) is 0 Å². The Labute approximate surface area is 270 Å². The predicted molar refractivity (Wildman–Crippen MR) is 196 cm³/mol. The van der Waals surface area contributed by atoms with Crippen LogP contribution in [0.4, 0.5) is 0 Å². The topological polar surface area (TPSA) is 38.9 Å². The maximum absolute atomic E-state index is 6.37. The Morgan fingerprint density at radius 3 is 1.77 bits per heavy atom. The van der Waals surface area contributed by atoms with Gasteiger partial charge in [-0.2, -0.15) is 0 Å². The maximum atomic E-state index is 6.37. The molecule has 0 radical (unpaired) electrons. The van der Waals surface area contributed by atoms with Crippen LogP contribution in [0.25, 0.3) is 98.8 Å². The van der Waals surface area contributed by atoms with Gasteiger partial charge in [-0.1, -0.05) is 121 Å². The van der Waals surface area contributed by atoms with E-state index in [-0.39, 0.29) is 0 Å². The van der Waals surface area contributed by atoms with Gasteiger partial charge in [0.25, 0.3) is 0 Å². The summed E-state index contributed by atoms with van der Waals surface area (Å²) in [6, 6.07) is 53.5. The van der Waals surface area contributed by atoms with Gasteiger partial charge in [-0.3, -0.25) is 4.98 Å². The van der Waals surface area contributed by atoms with Crippen LogP contribution in [0.2, 0.25) is 0 Å². The molecule has 10 rings (SSSR count). The molecule has 10 aromatic rings. The van der Waals surface area contributed by atoms with Crippen LogP contribution >= 0.6 is 0 Å². The molecule has 218 valence electrons. The van der Waals surface area contributed by atoms with Crippen molar-refractivity contribution in [3.8, 4) is 33.5 Å². The lowest BCUT2D eigenvalue weighted by Crippen LogP contribution is -1.92. The van der Waals surface area contributed by atoms with Crippen molar-refractivity contribution >= 4 is 65.3 Å². The maximum Gasteiger partial charge on any atom is 0.136 e. The number of furan rings is 1. The zero-order valence-corrected chi connectivity index (χ0v) is 25.3. The van der Waals surface area contributed by atoms with Crippen LogP contribution in [0.3, 0.4) is 0 Å². The SMILES string of the molecule is c1cc(-c2cccc(-c3cccc4oc5cc6ccccc6cc5c34)c2)cc(-c2cnc3c4ccccc4c4ccccc4c3n2)c1. The highest BCUT2D eigenvalue weighted by Gasteiger charge is 2.15. The van der Waals surface area contributed by atoms with Gasteiger partial charge in [0.05, 0.1) is 22.9 Å². The van der Waals surface area contributed by atoms with Crippen molar-refractivity contribution in [3.05, 3.63) is 158 Å².